The maximum atomic E-state index is 9.90. The number of Topliss-reactive ketones (excluding diaryl/α,β-unsaturated/α-hetero) is 1. The molecule has 1 atom stereocenters. The van der Waals surface area contributed by atoms with Gasteiger partial charge in [0.2, 0.25) is 6.29 Å². The van der Waals surface area contributed by atoms with Gasteiger partial charge in [-0.1, -0.05) is 0 Å². The highest BCUT2D eigenvalue weighted by molar-refractivity contribution is 7.46. The number of hydrogen-bond acceptors (Lipinski definition) is 8. The van der Waals surface area contributed by atoms with Gasteiger partial charge in [0.25, 0.3) is 0 Å². The van der Waals surface area contributed by atoms with E-state index in [1.54, 1.807) is 0 Å². The van der Waals surface area contributed by atoms with Crippen molar-refractivity contribution in [2.45, 2.75) is 19.3 Å². The number of aliphatic hydroxyl groups excluding tert-OH is 2. The zero-order valence-electron chi connectivity index (χ0n) is 10.5. The van der Waals surface area contributed by atoms with Crippen LogP contribution < -0.4 is 0 Å². The third kappa shape index (κ3) is 45.2. The van der Waals surface area contributed by atoms with Gasteiger partial charge in [0.1, 0.15) is 6.10 Å². The van der Waals surface area contributed by atoms with E-state index in [1.165, 1.54) is 0 Å². The van der Waals surface area contributed by atoms with Gasteiger partial charge in [-0.05, 0) is 6.92 Å². The summed E-state index contributed by atoms with van der Waals surface area (Å²) >= 11 is 0. The second kappa shape index (κ2) is 12.0. The van der Waals surface area contributed by atoms with Crippen molar-refractivity contribution in [3.8, 4) is 0 Å². The fourth-order valence-electron chi connectivity index (χ4n) is 0.213. The summed E-state index contributed by atoms with van der Waals surface area (Å²) in [7, 11) is -9.19. The Balaban J connectivity index is -0.000000252. The van der Waals surface area contributed by atoms with Gasteiger partial charge in [0.15, 0.2) is 12.1 Å². The lowest BCUT2D eigenvalue weighted by molar-refractivity contribution is -0.142. The van der Waals surface area contributed by atoms with Crippen molar-refractivity contribution < 1.29 is 63.0 Å². The van der Waals surface area contributed by atoms with Crippen molar-refractivity contribution in [2.75, 3.05) is 6.61 Å². The largest absolute Gasteiger partial charge is 0.469 e. The predicted molar refractivity (Wildman–Crippen MR) is 63.2 cm³/mol. The Kier molecular flexibility index (Phi) is 14.6. The number of phosphoric ester groups is 1. The Hall–Kier alpha value is -0.560. The number of aldehydes is 1. The molecule has 0 amide bonds. The molecule has 13 nitrogen and oxygen atoms in total. The maximum Gasteiger partial charge on any atom is 0.469 e. The third-order valence-electron chi connectivity index (χ3n) is 0.934. The van der Waals surface area contributed by atoms with Gasteiger partial charge >= 0.3 is 15.6 Å². The van der Waals surface area contributed by atoms with Crippen molar-refractivity contribution in [1.29, 1.82) is 0 Å². The van der Waals surface area contributed by atoms with Crippen molar-refractivity contribution >= 4 is 27.7 Å². The molecule has 0 radical (unpaired) electrons. The minimum Gasteiger partial charge on any atom is -0.383 e. The van der Waals surface area contributed by atoms with Gasteiger partial charge in [0, 0.05) is 0 Å². The van der Waals surface area contributed by atoms with Crippen LogP contribution in [0.3, 0.4) is 0 Å². The molecule has 0 spiro atoms. The van der Waals surface area contributed by atoms with Crippen LogP contribution in [0, 0.1) is 0 Å². The molecule has 0 aromatic rings. The highest BCUT2D eigenvalue weighted by atomic mass is 31.2. The molecule has 0 aromatic heterocycles. The predicted octanol–water partition coefficient (Wildman–Crippen LogP) is -3.39. The molecule has 0 aliphatic rings. The van der Waals surface area contributed by atoms with Crippen LogP contribution in [0.4, 0.5) is 0 Å². The SMILES string of the molecule is CC(=O)C(O)O.O=CC(O)COP(=O)(O)O.O=P(O)(O)O. The van der Waals surface area contributed by atoms with Gasteiger partial charge in [-0.25, -0.2) is 9.13 Å². The van der Waals surface area contributed by atoms with E-state index in [-0.39, 0.29) is 6.29 Å². The maximum absolute atomic E-state index is 9.90. The van der Waals surface area contributed by atoms with Crippen LogP contribution in [-0.2, 0) is 23.2 Å². The van der Waals surface area contributed by atoms with Gasteiger partial charge < -0.3 is 44.6 Å². The van der Waals surface area contributed by atoms with Gasteiger partial charge in [0.05, 0.1) is 6.61 Å². The summed E-state index contributed by atoms with van der Waals surface area (Å²) in [6, 6.07) is 0. The summed E-state index contributed by atoms with van der Waals surface area (Å²) in [6.45, 7) is 0.415. The summed E-state index contributed by atoms with van der Waals surface area (Å²) in [6.07, 6.45) is -3.15. The quantitative estimate of drug-likeness (QED) is 0.136. The molecule has 128 valence electrons. The van der Waals surface area contributed by atoms with Crippen molar-refractivity contribution in [1.82, 2.24) is 0 Å². The number of aliphatic hydroxyl groups is 3. The molecular formula is C6H16O13P2. The summed E-state index contributed by atoms with van der Waals surface area (Å²) < 4.78 is 22.5. The van der Waals surface area contributed by atoms with Crippen LogP contribution in [-0.4, -0.2) is 70.9 Å². The van der Waals surface area contributed by atoms with E-state index in [1.807, 2.05) is 0 Å². The highest BCUT2D eigenvalue weighted by Gasteiger charge is 2.15. The number of phosphoric acid groups is 2. The molecular weight excluding hydrogens is 342 g/mol. The van der Waals surface area contributed by atoms with Crippen LogP contribution in [0.15, 0.2) is 0 Å². The minimum absolute atomic E-state index is 0.121. The van der Waals surface area contributed by atoms with Crippen molar-refractivity contribution in [3.63, 3.8) is 0 Å². The number of carbonyl (C=O) groups excluding carboxylic acids is 2. The lowest BCUT2D eigenvalue weighted by atomic mass is 10.4. The molecule has 0 heterocycles. The van der Waals surface area contributed by atoms with E-state index in [2.05, 4.69) is 4.52 Å². The number of carbonyl (C=O) groups is 2. The lowest BCUT2D eigenvalue weighted by Crippen LogP contribution is -2.15. The molecule has 0 saturated heterocycles. The number of rotatable bonds is 5. The smallest absolute Gasteiger partial charge is 0.383 e. The topological polar surface area (TPSA) is 239 Å². The molecule has 0 saturated carbocycles. The molecule has 0 aromatic carbocycles. The Morgan fingerprint density at radius 1 is 1.10 bits per heavy atom. The Labute approximate surface area is 117 Å². The lowest BCUT2D eigenvalue weighted by Gasteiger charge is -2.04. The normalized spacial score (nSPS) is 12.5. The number of ketones is 1. The molecule has 0 fully saturated rings. The van der Waals surface area contributed by atoms with E-state index in [0.29, 0.717) is 0 Å². The average Bonchev–Trinajstić information content (AvgIpc) is 2.23. The summed E-state index contributed by atoms with van der Waals surface area (Å²) in [5, 5.41) is 24.1. The van der Waals surface area contributed by atoms with E-state index < -0.39 is 40.4 Å². The van der Waals surface area contributed by atoms with Crippen LogP contribution in [0.1, 0.15) is 6.92 Å². The molecule has 21 heavy (non-hydrogen) atoms. The van der Waals surface area contributed by atoms with Gasteiger partial charge in [-0.2, -0.15) is 0 Å². The van der Waals surface area contributed by atoms with E-state index >= 15 is 0 Å². The highest BCUT2D eigenvalue weighted by Crippen LogP contribution is 2.35. The Morgan fingerprint density at radius 3 is 1.52 bits per heavy atom. The first-order valence-electron chi connectivity index (χ1n) is 4.58. The van der Waals surface area contributed by atoms with Crippen LogP contribution in [0.25, 0.3) is 0 Å². The zero-order valence-corrected chi connectivity index (χ0v) is 12.2. The van der Waals surface area contributed by atoms with E-state index in [0.717, 1.165) is 6.92 Å². The first kappa shape index (κ1) is 25.4. The second-order valence-corrected chi connectivity index (χ2v) is 5.25. The molecule has 0 rings (SSSR count). The second-order valence-electron chi connectivity index (χ2n) is 2.99. The first-order chi connectivity index (χ1) is 9.10. The van der Waals surface area contributed by atoms with E-state index in [4.69, 9.17) is 44.4 Å². The van der Waals surface area contributed by atoms with Crippen molar-refractivity contribution in [2.24, 2.45) is 0 Å². The first-order valence-corrected chi connectivity index (χ1v) is 7.68. The average molecular weight is 358 g/mol. The third-order valence-corrected chi connectivity index (χ3v) is 1.42. The Bertz CT molecular complexity index is 372. The fraction of sp³-hybridized carbons (Fsp3) is 0.667. The van der Waals surface area contributed by atoms with Crippen LogP contribution in [0.2, 0.25) is 0 Å². The molecule has 0 aliphatic heterocycles. The van der Waals surface area contributed by atoms with Gasteiger partial charge in [-0.15, -0.1) is 0 Å². The fourth-order valence-corrected chi connectivity index (χ4v) is 0.560. The monoisotopic (exact) mass is 358 g/mol. The van der Waals surface area contributed by atoms with Gasteiger partial charge in [-0.3, -0.25) is 9.32 Å². The molecule has 1 unspecified atom stereocenters. The summed E-state index contributed by atoms with van der Waals surface area (Å²) in [4.78, 5) is 56.9. The molecule has 0 aliphatic carbocycles. The number of hydrogen-bond donors (Lipinski definition) is 8. The molecule has 8 N–H and O–H groups in total. The van der Waals surface area contributed by atoms with Crippen LogP contribution in [0.5, 0.6) is 0 Å². The minimum atomic E-state index is -4.64. The summed E-state index contributed by atoms with van der Waals surface area (Å²) in [5.74, 6) is -0.630. The zero-order chi connectivity index (χ0) is 17.9. The summed E-state index contributed by atoms with van der Waals surface area (Å²) in [5.41, 5.74) is 0. The molecule has 15 heteroatoms. The molecule has 0 bridgehead atoms. The van der Waals surface area contributed by atoms with Crippen LogP contribution >= 0.6 is 15.6 Å². The van der Waals surface area contributed by atoms with E-state index in [9.17, 15) is 14.2 Å². The van der Waals surface area contributed by atoms with Crippen molar-refractivity contribution in [3.05, 3.63) is 0 Å². The Morgan fingerprint density at radius 2 is 1.38 bits per heavy atom. The standard InChI is InChI=1S/C3H7O6P.C3H6O3.H3O4P/c4-1-3(5)2-9-10(6,7)8;1-2(4)3(5)6;1-5(2,3)4/h1,3,5H,2H2,(H2,6,7,8);3,5-6H,1H3;(H3,1,2,3,4).